The van der Waals surface area contributed by atoms with Gasteiger partial charge in [-0.05, 0) is 59.7 Å². The highest BCUT2D eigenvalue weighted by Crippen LogP contribution is 2.45. The second-order valence-electron chi connectivity index (χ2n) is 4.55. The molecule has 1 atom stereocenters. The lowest BCUT2D eigenvalue weighted by molar-refractivity contribution is -0.153. The van der Waals surface area contributed by atoms with Crippen LogP contribution in [0.4, 0.5) is 0 Å². The van der Waals surface area contributed by atoms with Gasteiger partial charge in [0.1, 0.15) is 17.6 Å². The molecule has 0 radical (unpaired) electrons. The zero-order valence-electron chi connectivity index (χ0n) is 10.2. The summed E-state index contributed by atoms with van der Waals surface area (Å²) in [6, 6.07) is 7.99. The highest BCUT2D eigenvalue weighted by molar-refractivity contribution is 14.1. The van der Waals surface area contributed by atoms with E-state index in [2.05, 4.69) is 36.4 Å². The van der Waals surface area contributed by atoms with Crippen LogP contribution in [0.25, 0.3) is 0 Å². The molecule has 0 spiro atoms. The molecule has 0 bridgehead atoms. The zero-order valence-corrected chi connectivity index (χ0v) is 12.4. The van der Waals surface area contributed by atoms with Gasteiger partial charge in [0.15, 0.2) is 0 Å². The molecule has 0 heterocycles. The number of ether oxygens (including phenoxy) is 1. The van der Waals surface area contributed by atoms with Gasteiger partial charge in [0.05, 0.1) is 5.41 Å². The van der Waals surface area contributed by atoms with Crippen molar-refractivity contribution in [2.75, 3.05) is 0 Å². The number of halogens is 1. The van der Waals surface area contributed by atoms with Crippen LogP contribution >= 0.6 is 22.6 Å². The fraction of sp³-hybridized carbons (Fsp3) is 0.500. The minimum absolute atomic E-state index is 0.0602. The van der Waals surface area contributed by atoms with Gasteiger partial charge < -0.3 is 4.74 Å². The lowest BCUT2D eigenvalue weighted by atomic mass is 9.61. The first-order chi connectivity index (χ1) is 8.12. The van der Waals surface area contributed by atoms with Gasteiger partial charge in [0, 0.05) is 9.99 Å². The van der Waals surface area contributed by atoms with Crippen LogP contribution < -0.4 is 4.74 Å². The largest absolute Gasteiger partial charge is 0.489 e. The first-order valence-corrected chi connectivity index (χ1v) is 7.15. The van der Waals surface area contributed by atoms with Crippen LogP contribution in [0, 0.1) is 8.99 Å². The van der Waals surface area contributed by atoms with Crippen molar-refractivity contribution >= 4 is 28.4 Å². The van der Waals surface area contributed by atoms with Crippen molar-refractivity contribution in [3.8, 4) is 5.75 Å². The number of carbonyl (C=O) groups excluding carboxylic acids is 1. The number of Topliss-reactive ketones (excluding diaryl/α,β-unsaturated/α-hetero) is 1. The van der Waals surface area contributed by atoms with Gasteiger partial charge in [0.25, 0.3) is 0 Å². The summed E-state index contributed by atoms with van der Waals surface area (Å²) in [5, 5.41) is 0. The van der Waals surface area contributed by atoms with Gasteiger partial charge in [-0.3, -0.25) is 4.79 Å². The summed E-state index contributed by atoms with van der Waals surface area (Å²) in [7, 11) is 0. The van der Waals surface area contributed by atoms with E-state index in [1.165, 1.54) is 3.57 Å². The third kappa shape index (κ3) is 2.21. The molecule has 0 saturated heterocycles. The molecule has 1 saturated carbocycles. The van der Waals surface area contributed by atoms with Crippen LogP contribution in [0.5, 0.6) is 5.75 Å². The van der Waals surface area contributed by atoms with Crippen molar-refractivity contribution in [3.05, 3.63) is 27.8 Å². The Morgan fingerprint density at radius 2 is 1.88 bits per heavy atom. The Bertz CT molecular complexity index is 407. The zero-order chi connectivity index (χ0) is 12.5. The molecule has 1 aromatic carbocycles. The molecule has 0 N–H and O–H groups in total. The summed E-state index contributed by atoms with van der Waals surface area (Å²) in [6.07, 6.45) is 2.37. The lowest BCUT2D eigenvalue weighted by Crippen LogP contribution is -2.56. The highest BCUT2D eigenvalue weighted by atomic mass is 127. The van der Waals surface area contributed by atoms with Crippen LogP contribution in [0.2, 0.25) is 0 Å². The van der Waals surface area contributed by atoms with E-state index in [0.717, 1.165) is 18.6 Å². The minimum Gasteiger partial charge on any atom is -0.489 e. The fourth-order valence-corrected chi connectivity index (χ4v) is 2.91. The van der Waals surface area contributed by atoms with Crippen LogP contribution in [0.15, 0.2) is 24.3 Å². The Balaban J connectivity index is 2.10. The maximum absolute atomic E-state index is 11.8. The predicted molar refractivity (Wildman–Crippen MR) is 76.2 cm³/mol. The average molecular weight is 344 g/mol. The number of benzene rings is 1. The second-order valence-corrected chi connectivity index (χ2v) is 5.80. The van der Waals surface area contributed by atoms with Gasteiger partial charge in [-0.2, -0.15) is 0 Å². The Kier molecular flexibility index (Phi) is 3.76. The molecule has 2 nitrogen and oxygen atoms in total. The third-order valence-corrected chi connectivity index (χ3v) is 4.62. The average Bonchev–Trinajstić information content (AvgIpc) is 2.33. The van der Waals surface area contributed by atoms with Crippen molar-refractivity contribution in [2.24, 2.45) is 5.41 Å². The van der Waals surface area contributed by atoms with E-state index in [4.69, 9.17) is 4.74 Å². The molecule has 0 amide bonds. The lowest BCUT2D eigenvalue weighted by Gasteiger charge is -2.46. The van der Waals surface area contributed by atoms with Gasteiger partial charge in [-0.1, -0.05) is 13.8 Å². The van der Waals surface area contributed by atoms with Crippen LogP contribution in [-0.4, -0.2) is 11.9 Å². The third-order valence-electron chi connectivity index (χ3n) is 3.90. The van der Waals surface area contributed by atoms with E-state index in [1.54, 1.807) is 0 Å². The Labute approximate surface area is 116 Å². The number of ketones is 1. The summed E-state index contributed by atoms with van der Waals surface area (Å²) >= 11 is 2.27. The molecule has 1 aliphatic carbocycles. The summed E-state index contributed by atoms with van der Waals surface area (Å²) in [5.41, 5.74) is -0.233. The van der Waals surface area contributed by atoms with Crippen molar-refractivity contribution in [2.45, 2.75) is 39.2 Å². The monoisotopic (exact) mass is 344 g/mol. The quantitative estimate of drug-likeness (QED) is 0.777. The van der Waals surface area contributed by atoms with Crippen molar-refractivity contribution in [3.63, 3.8) is 0 Å². The standard InChI is InChI=1S/C14H17IO2/c1-3-14(4-2)12(16)9-13(14)17-11-7-5-10(15)6-8-11/h5-8,13H,3-4,9H2,1-2H3. The maximum Gasteiger partial charge on any atom is 0.146 e. The molecular weight excluding hydrogens is 327 g/mol. The fourth-order valence-electron chi connectivity index (χ4n) is 2.55. The number of rotatable bonds is 4. The normalized spacial score (nSPS) is 22.1. The summed E-state index contributed by atoms with van der Waals surface area (Å²) < 4.78 is 7.14. The Morgan fingerprint density at radius 3 is 2.35 bits per heavy atom. The predicted octanol–water partition coefficient (Wildman–Crippen LogP) is 3.82. The first kappa shape index (κ1) is 12.9. The number of hydrogen-bond donors (Lipinski definition) is 0. The molecule has 1 fully saturated rings. The van der Waals surface area contributed by atoms with E-state index in [-0.39, 0.29) is 11.5 Å². The number of carbonyl (C=O) groups is 1. The van der Waals surface area contributed by atoms with Crippen molar-refractivity contribution < 1.29 is 9.53 Å². The molecule has 1 unspecified atom stereocenters. The molecule has 92 valence electrons. The molecule has 0 aliphatic heterocycles. The van der Waals surface area contributed by atoms with Gasteiger partial charge >= 0.3 is 0 Å². The topological polar surface area (TPSA) is 26.3 Å². The minimum atomic E-state index is -0.233. The summed E-state index contributed by atoms with van der Waals surface area (Å²) in [4.78, 5) is 11.8. The summed E-state index contributed by atoms with van der Waals surface area (Å²) in [6.45, 7) is 4.15. The second kappa shape index (κ2) is 4.96. The van der Waals surface area contributed by atoms with E-state index >= 15 is 0 Å². The Morgan fingerprint density at radius 1 is 1.29 bits per heavy atom. The molecule has 2 rings (SSSR count). The van der Waals surface area contributed by atoms with Crippen molar-refractivity contribution in [1.29, 1.82) is 0 Å². The maximum atomic E-state index is 11.8. The smallest absolute Gasteiger partial charge is 0.146 e. The molecular formula is C14H17IO2. The molecule has 17 heavy (non-hydrogen) atoms. The van der Waals surface area contributed by atoms with Crippen LogP contribution in [0.3, 0.4) is 0 Å². The van der Waals surface area contributed by atoms with Gasteiger partial charge in [-0.25, -0.2) is 0 Å². The molecule has 1 aromatic rings. The van der Waals surface area contributed by atoms with E-state index in [0.29, 0.717) is 12.2 Å². The van der Waals surface area contributed by atoms with E-state index < -0.39 is 0 Å². The van der Waals surface area contributed by atoms with Crippen LogP contribution in [0.1, 0.15) is 33.1 Å². The Hall–Kier alpha value is -0.580. The van der Waals surface area contributed by atoms with Gasteiger partial charge in [-0.15, -0.1) is 0 Å². The molecule has 3 heteroatoms. The van der Waals surface area contributed by atoms with E-state index in [9.17, 15) is 4.79 Å². The van der Waals surface area contributed by atoms with E-state index in [1.807, 2.05) is 24.3 Å². The highest BCUT2D eigenvalue weighted by Gasteiger charge is 2.53. The number of hydrogen-bond acceptors (Lipinski definition) is 2. The SMILES string of the molecule is CCC1(CC)C(=O)CC1Oc1ccc(I)cc1. The van der Waals surface area contributed by atoms with Gasteiger partial charge in [0.2, 0.25) is 0 Å². The van der Waals surface area contributed by atoms with Crippen LogP contribution in [-0.2, 0) is 4.79 Å². The van der Waals surface area contributed by atoms with Crippen molar-refractivity contribution in [1.82, 2.24) is 0 Å². The molecule has 1 aliphatic rings. The summed E-state index contributed by atoms with van der Waals surface area (Å²) in [5.74, 6) is 1.23. The molecule has 0 aromatic heterocycles. The first-order valence-electron chi connectivity index (χ1n) is 6.08.